The number of hydrogen-bond acceptors (Lipinski definition) is 3. The predicted octanol–water partition coefficient (Wildman–Crippen LogP) is 4.17. The van der Waals surface area contributed by atoms with Gasteiger partial charge in [-0.15, -0.1) is 0 Å². The average Bonchev–Trinajstić information content (AvgIpc) is 2.95. The number of aromatic amines is 1. The van der Waals surface area contributed by atoms with Gasteiger partial charge in [-0.3, -0.25) is 0 Å². The highest BCUT2D eigenvalue weighted by Gasteiger charge is 2.15. The molecule has 0 aliphatic heterocycles. The van der Waals surface area contributed by atoms with E-state index in [0.717, 1.165) is 41.1 Å². The fourth-order valence-corrected chi connectivity index (χ4v) is 3.06. The molecule has 0 saturated heterocycles. The Hall–Kier alpha value is -2.04. The van der Waals surface area contributed by atoms with Crippen molar-refractivity contribution in [2.24, 2.45) is 5.73 Å². The first-order chi connectivity index (χ1) is 11.2. The summed E-state index contributed by atoms with van der Waals surface area (Å²) in [6, 6.07) is 9.88. The lowest BCUT2D eigenvalue weighted by Gasteiger charge is -2.06. The molecule has 2 heterocycles. The number of methoxy groups -OCH3 is 1. The van der Waals surface area contributed by atoms with Crippen LogP contribution in [0.25, 0.3) is 22.2 Å². The van der Waals surface area contributed by atoms with Crippen LogP contribution < -0.4 is 10.5 Å². The minimum Gasteiger partial charge on any atom is -0.481 e. The summed E-state index contributed by atoms with van der Waals surface area (Å²) in [6.45, 7) is 0.711. The Kier molecular flexibility index (Phi) is 4.84. The second kappa shape index (κ2) is 7.02. The van der Waals surface area contributed by atoms with E-state index in [2.05, 4.69) is 16.0 Å². The summed E-state index contributed by atoms with van der Waals surface area (Å²) < 4.78 is 5.14. The molecular formula is C18H20ClN3O. The highest BCUT2D eigenvalue weighted by atomic mass is 35.5. The van der Waals surface area contributed by atoms with Crippen LogP contribution in [0.5, 0.6) is 5.88 Å². The third-order valence-corrected chi connectivity index (χ3v) is 4.32. The number of para-hydroxylation sites is 1. The number of benzene rings is 1. The van der Waals surface area contributed by atoms with Crippen LogP contribution in [0, 0.1) is 0 Å². The van der Waals surface area contributed by atoms with Crippen LogP contribution in [0.15, 0.2) is 36.5 Å². The molecule has 0 amide bonds. The highest BCUT2D eigenvalue weighted by Crippen LogP contribution is 2.34. The quantitative estimate of drug-likeness (QED) is 0.667. The molecule has 0 saturated carbocycles. The number of aryl methyl sites for hydroxylation is 1. The molecule has 3 aromatic rings. The zero-order chi connectivity index (χ0) is 16.2. The molecule has 0 bridgehead atoms. The van der Waals surface area contributed by atoms with Crippen molar-refractivity contribution < 1.29 is 4.74 Å². The Morgan fingerprint density at radius 1 is 1.22 bits per heavy atom. The topological polar surface area (TPSA) is 63.9 Å². The molecule has 2 aromatic heterocycles. The van der Waals surface area contributed by atoms with Crippen LogP contribution in [-0.4, -0.2) is 23.6 Å². The first-order valence-corrected chi connectivity index (χ1v) is 8.12. The average molecular weight is 330 g/mol. The van der Waals surface area contributed by atoms with Gasteiger partial charge < -0.3 is 15.5 Å². The van der Waals surface area contributed by atoms with Gasteiger partial charge in [-0.25, -0.2) is 4.98 Å². The lowest BCUT2D eigenvalue weighted by Crippen LogP contribution is -1.99. The van der Waals surface area contributed by atoms with E-state index >= 15 is 0 Å². The van der Waals surface area contributed by atoms with Gasteiger partial charge in [-0.2, -0.15) is 0 Å². The van der Waals surface area contributed by atoms with E-state index in [4.69, 9.17) is 22.1 Å². The molecule has 3 rings (SSSR count). The van der Waals surface area contributed by atoms with Crippen molar-refractivity contribution in [1.82, 2.24) is 9.97 Å². The Bertz CT molecular complexity index is 796. The number of aromatic nitrogens is 2. The number of rotatable bonds is 6. The van der Waals surface area contributed by atoms with E-state index in [1.807, 2.05) is 30.5 Å². The summed E-state index contributed by atoms with van der Waals surface area (Å²) in [7, 11) is 1.61. The number of unbranched alkanes of at least 4 members (excludes halogenated alkanes) is 1. The Morgan fingerprint density at radius 2 is 2.09 bits per heavy atom. The number of fused-ring (bicyclic) bond motifs is 1. The molecule has 23 heavy (non-hydrogen) atoms. The molecule has 1 aromatic carbocycles. The van der Waals surface area contributed by atoms with Crippen LogP contribution in [0.4, 0.5) is 0 Å². The Balaban J connectivity index is 2.09. The number of nitrogens with two attached hydrogens (primary N) is 1. The summed E-state index contributed by atoms with van der Waals surface area (Å²) in [6.07, 6.45) is 4.84. The van der Waals surface area contributed by atoms with Crippen LogP contribution in [0.3, 0.4) is 0 Å². The van der Waals surface area contributed by atoms with Gasteiger partial charge in [0.1, 0.15) is 0 Å². The third kappa shape index (κ3) is 3.19. The zero-order valence-electron chi connectivity index (χ0n) is 13.1. The minimum absolute atomic E-state index is 0.604. The molecule has 0 aliphatic carbocycles. The monoisotopic (exact) mass is 329 g/mol. The maximum atomic E-state index is 6.35. The van der Waals surface area contributed by atoms with Gasteiger partial charge in [0.2, 0.25) is 5.88 Å². The minimum atomic E-state index is 0.604. The second-order valence-corrected chi connectivity index (χ2v) is 5.88. The van der Waals surface area contributed by atoms with Crippen LogP contribution >= 0.6 is 11.6 Å². The van der Waals surface area contributed by atoms with E-state index in [0.29, 0.717) is 12.4 Å². The molecule has 0 atom stereocenters. The molecule has 0 radical (unpaired) electrons. The Morgan fingerprint density at radius 3 is 2.78 bits per heavy atom. The number of pyridine rings is 1. The largest absolute Gasteiger partial charge is 0.481 e. The van der Waals surface area contributed by atoms with Crippen molar-refractivity contribution in [3.63, 3.8) is 0 Å². The number of halogens is 1. The van der Waals surface area contributed by atoms with E-state index in [1.54, 1.807) is 7.11 Å². The van der Waals surface area contributed by atoms with Crippen molar-refractivity contribution in [3.05, 3.63) is 47.1 Å². The fourth-order valence-electron chi connectivity index (χ4n) is 2.84. The number of nitrogens with zero attached hydrogens (tertiary/aromatic N) is 1. The summed E-state index contributed by atoms with van der Waals surface area (Å²) in [5.41, 5.74) is 9.97. The SMILES string of the molecule is COc1ccc(-c2[nH]c3c(Cl)cccc3c2CCCCN)cn1. The van der Waals surface area contributed by atoms with E-state index in [9.17, 15) is 0 Å². The van der Waals surface area contributed by atoms with E-state index < -0.39 is 0 Å². The molecule has 3 N–H and O–H groups in total. The van der Waals surface area contributed by atoms with Crippen LogP contribution in [0.1, 0.15) is 18.4 Å². The highest BCUT2D eigenvalue weighted by molar-refractivity contribution is 6.35. The summed E-state index contributed by atoms with van der Waals surface area (Å²) >= 11 is 6.35. The zero-order valence-corrected chi connectivity index (χ0v) is 13.9. The maximum Gasteiger partial charge on any atom is 0.212 e. The third-order valence-electron chi connectivity index (χ3n) is 4.01. The number of nitrogens with one attached hydrogen (secondary N) is 1. The van der Waals surface area contributed by atoms with Gasteiger partial charge in [0.05, 0.1) is 23.3 Å². The van der Waals surface area contributed by atoms with E-state index in [-0.39, 0.29) is 0 Å². The van der Waals surface area contributed by atoms with E-state index in [1.165, 1.54) is 10.9 Å². The van der Waals surface area contributed by atoms with Gasteiger partial charge in [0.25, 0.3) is 0 Å². The first kappa shape index (κ1) is 15.8. The molecule has 0 unspecified atom stereocenters. The lowest BCUT2D eigenvalue weighted by atomic mass is 10.0. The van der Waals surface area contributed by atoms with Gasteiger partial charge in [0.15, 0.2) is 0 Å². The van der Waals surface area contributed by atoms with Crippen molar-refractivity contribution in [1.29, 1.82) is 0 Å². The maximum absolute atomic E-state index is 6.35. The first-order valence-electron chi connectivity index (χ1n) is 7.74. The molecule has 120 valence electrons. The number of H-pyrrole nitrogens is 1. The summed E-state index contributed by atoms with van der Waals surface area (Å²) in [5, 5.41) is 1.90. The van der Waals surface area contributed by atoms with Gasteiger partial charge >= 0.3 is 0 Å². The van der Waals surface area contributed by atoms with Crippen molar-refractivity contribution in [2.45, 2.75) is 19.3 Å². The molecule has 4 nitrogen and oxygen atoms in total. The fraction of sp³-hybridized carbons (Fsp3) is 0.278. The molecule has 0 spiro atoms. The molecule has 5 heteroatoms. The summed E-state index contributed by atoms with van der Waals surface area (Å²) in [5.74, 6) is 0.604. The number of ether oxygens (including phenoxy) is 1. The van der Waals surface area contributed by atoms with Gasteiger partial charge in [-0.05, 0) is 43.5 Å². The molecule has 0 fully saturated rings. The van der Waals surface area contributed by atoms with Gasteiger partial charge in [-0.1, -0.05) is 23.7 Å². The van der Waals surface area contributed by atoms with Crippen molar-refractivity contribution in [2.75, 3.05) is 13.7 Å². The second-order valence-electron chi connectivity index (χ2n) is 5.48. The molecular weight excluding hydrogens is 310 g/mol. The van der Waals surface area contributed by atoms with Crippen molar-refractivity contribution >= 4 is 22.5 Å². The van der Waals surface area contributed by atoms with Crippen molar-refractivity contribution in [3.8, 4) is 17.1 Å². The standard InChI is InChI=1S/C18H20ClN3O/c1-23-16-9-8-12(11-21-16)17-13(5-2-3-10-20)14-6-4-7-15(19)18(14)22-17/h4,6-9,11,22H,2-3,5,10,20H2,1H3. The van der Waals surface area contributed by atoms with Crippen LogP contribution in [0.2, 0.25) is 5.02 Å². The smallest absolute Gasteiger partial charge is 0.212 e. The lowest BCUT2D eigenvalue weighted by molar-refractivity contribution is 0.398. The van der Waals surface area contributed by atoms with Gasteiger partial charge in [0, 0.05) is 23.2 Å². The normalized spacial score (nSPS) is 11.1. The number of hydrogen-bond donors (Lipinski definition) is 2. The van der Waals surface area contributed by atoms with Crippen LogP contribution in [-0.2, 0) is 6.42 Å². The predicted molar refractivity (Wildman–Crippen MR) is 95.1 cm³/mol. The molecule has 0 aliphatic rings. The Labute approximate surface area is 140 Å². The summed E-state index contributed by atoms with van der Waals surface area (Å²) in [4.78, 5) is 7.78.